The Morgan fingerprint density at radius 1 is 1.33 bits per heavy atom. The molecule has 0 atom stereocenters. The molecule has 0 radical (unpaired) electrons. The molecule has 0 aliphatic carbocycles. The van der Waals surface area contributed by atoms with Crippen molar-refractivity contribution >= 4 is 0 Å². The van der Waals surface area contributed by atoms with Crippen LogP contribution in [0.25, 0.3) is 0 Å². The van der Waals surface area contributed by atoms with Crippen LogP contribution in [0, 0.1) is 0 Å². The largest absolute Gasteiger partial charge is 0.522 e. The van der Waals surface area contributed by atoms with Gasteiger partial charge in [0.05, 0.1) is 0 Å². The summed E-state index contributed by atoms with van der Waals surface area (Å²) >= 11 is 0. The molecule has 0 heterocycles. The first kappa shape index (κ1) is 5.75. The predicted octanol–water partition coefficient (Wildman–Crippen LogP) is 1.15. The fourth-order valence-corrected chi connectivity index (χ4v) is 0. The Bertz CT molecular complexity index is 38.5. The van der Waals surface area contributed by atoms with Gasteiger partial charge in [-0.2, -0.15) is 0 Å². The quantitative estimate of drug-likeness (QED) is 0.443. The number of hydrogen-bond donors (Lipinski definition) is 0. The highest BCUT2D eigenvalue weighted by Crippen LogP contribution is 2.13. The van der Waals surface area contributed by atoms with E-state index in [9.17, 15) is 13.2 Å². The molecule has 0 aromatic heterocycles. The third-order valence-corrected chi connectivity index (χ3v) is 0.231. The van der Waals surface area contributed by atoms with Crippen LogP contribution in [0.2, 0.25) is 0 Å². The second kappa shape index (κ2) is 1.47. The van der Waals surface area contributed by atoms with Gasteiger partial charge in [0, 0.05) is 7.11 Å². The van der Waals surface area contributed by atoms with E-state index in [-0.39, 0.29) is 0 Å². The van der Waals surface area contributed by atoms with Gasteiger partial charge in [0.2, 0.25) is 0 Å². The molecule has 0 fully saturated rings. The number of alkyl halides is 3. The lowest BCUT2D eigenvalue weighted by molar-refractivity contribution is -0.311. The number of methoxy groups -OCH3 is 1. The van der Waals surface area contributed by atoms with Gasteiger partial charge in [0.25, 0.3) is 0 Å². The molecular weight excluding hydrogens is 97.0 g/mol. The van der Waals surface area contributed by atoms with Crippen molar-refractivity contribution in [2.24, 2.45) is 0 Å². The summed E-state index contributed by atoms with van der Waals surface area (Å²) in [5.41, 5.74) is 0. The van der Waals surface area contributed by atoms with E-state index < -0.39 is 6.36 Å². The average molecular weight is 100 g/mol. The van der Waals surface area contributed by atoms with Crippen LogP contribution >= 0.6 is 0 Å². The maximum Gasteiger partial charge on any atom is 0.522 e. The Labute approximate surface area is 32.7 Å². The summed E-state index contributed by atoms with van der Waals surface area (Å²) in [7, 11) is 0.583. The number of hydrogen-bond acceptors (Lipinski definition) is 1. The average Bonchev–Trinajstić information content (AvgIpc) is 1.35. The van der Waals surface area contributed by atoms with Crippen LogP contribution in [0.1, 0.15) is 0 Å². The molecule has 6 heavy (non-hydrogen) atoms. The predicted molar refractivity (Wildman–Crippen MR) is 13.1 cm³/mol. The molecule has 0 aliphatic heterocycles. The van der Waals surface area contributed by atoms with Gasteiger partial charge in [-0.25, -0.2) is 0 Å². The van der Waals surface area contributed by atoms with Gasteiger partial charge in [0.1, 0.15) is 0 Å². The molecule has 0 amide bonds. The highest BCUT2D eigenvalue weighted by Gasteiger charge is 2.25. The van der Waals surface area contributed by atoms with Crippen molar-refractivity contribution in [3.05, 3.63) is 0 Å². The van der Waals surface area contributed by atoms with Crippen LogP contribution in [-0.2, 0) is 4.74 Å². The van der Waals surface area contributed by atoms with Crippen LogP contribution in [0.5, 0.6) is 0 Å². The van der Waals surface area contributed by atoms with Crippen LogP contribution < -0.4 is 0 Å². The normalized spacial score (nSPS) is 12.0. The molecular formula is C2H3F3O. The van der Waals surface area contributed by atoms with Crippen molar-refractivity contribution in [3.8, 4) is 0 Å². The van der Waals surface area contributed by atoms with E-state index in [2.05, 4.69) is 4.74 Å². The van der Waals surface area contributed by atoms with E-state index in [1.54, 1.807) is 0 Å². The second-order valence-electron chi connectivity index (χ2n) is 0.650. The summed E-state index contributed by atoms with van der Waals surface area (Å²) in [5.74, 6) is 0. The molecule has 38 valence electrons. The van der Waals surface area contributed by atoms with Crippen molar-refractivity contribution < 1.29 is 17.9 Å². The fourth-order valence-electron chi connectivity index (χ4n) is 0. The Morgan fingerprint density at radius 3 is 1.50 bits per heavy atom. The molecule has 0 bridgehead atoms. The zero-order chi connectivity index (χ0) is 5.21. The monoisotopic (exact) mass is 100 g/mol. The van der Waals surface area contributed by atoms with Gasteiger partial charge >= 0.3 is 6.36 Å². The van der Waals surface area contributed by atoms with Crippen molar-refractivity contribution in [2.75, 3.05) is 7.11 Å². The third kappa shape index (κ3) is 3.75. The van der Waals surface area contributed by atoms with E-state index in [0.717, 1.165) is 0 Å². The topological polar surface area (TPSA) is 9.23 Å². The van der Waals surface area contributed by atoms with Gasteiger partial charge < -0.3 is 0 Å². The van der Waals surface area contributed by atoms with Gasteiger partial charge in [-0.05, 0) is 0 Å². The van der Waals surface area contributed by atoms with E-state index in [1.165, 1.54) is 0 Å². The Hall–Kier alpha value is -0.250. The van der Waals surface area contributed by atoms with E-state index in [1.807, 2.05) is 0 Å². The lowest BCUT2D eigenvalue weighted by Crippen LogP contribution is -2.08. The first-order chi connectivity index (χ1) is 2.56. The van der Waals surface area contributed by atoms with Crippen LogP contribution in [0.15, 0.2) is 0 Å². The molecule has 0 saturated heterocycles. The zero-order valence-electron chi connectivity index (χ0n) is 3.04. The number of halogens is 3. The molecule has 0 aromatic carbocycles. The van der Waals surface area contributed by atoms with Crippen molar-refractivity contribution in [1.82, 2.24) is 0 Å². The molecule has 0 N–H and O–H groups in total. The molecule has 0 rings (SSSR count). The summed E-state index contributed by atoms with van der Waals surface area (Å²) in [6.07, 6.45) is -4.46. The first-order valence-electron chi connectivity index (χ1n) is 1.18. The first-order valence-corrected chi connectivity index (χ1v) is 1.18. The smallest absolute Gasteiger partial charge is 0.295 e. The molecule has 4 heteroatoms. The van der Waals surface area contributed by atoms with Crippen LogP contribution in [-0.4, -0.2) is 13.5 Å². The van der Waals surface area contributed by atoms with E-state index >= 15 is 0 Å². The van der Waals surface area contributed by atoms with Gasteiger partial charge in [-0.15, -0.1) is 13.2 Å². The number of ether oxygens (including phenoxy) is 1. The third-order valence-electron chi connectivity index (χ3n) is 0.231. The number of rotatable bonds is 0. The molecule has 1 nitrogen and oxygen atoms in total. The minimum atomic E-state index is -4.46. The molecule has 0 aliphatic rings. The van der Waals surface area contributed by atoms with Crippen LogP contribution in [0.4, 0.5) is 13.2 Å². The minimum absolute atomic E-state index is 0.583. The molecule has 0 spiro atoms. The molecule has 0 aromatic rings. The summed E-state index contributed by atoms with van der Waals surface area (Å²) in [6, 6.07) is 0. The SMILES string of the molecule is COC(F)(F)F. The van der Waals surface area contributed by atoms with Gasteiger partial charge in [0.15, 0.2) is 0 Å². The molecule has 0 unspecified atom stereocenters. The Kier molecular flexibility index (Phi) is 1.40. The second-order valence-corrected chi connectivity index (χ2v) is 0.650. The summed E-state index contributed by atoms with van der Waals surface area (Å²) in [5, 5.41) is 0. The van der Waals surface area contributed by atoms with E-state index in [0.29, 0.717) is 7.11 Å². The standard InChI is InChI=1S/C2H3F3O/c1-6-2(3,4)5/h1H3. The van der Waals surface area contributed by atoms with Crippen molar-refractivity contribution in [3.63, 3.8) is 0 Å². The highest BCUT2D eigenvalue weighted by atomic mass is 19.4. The minimum Gasteiger partial charge on any atom is -0.295 e. The molecule has 0 saturated carbocycles. The summed E-state index contributed by atoms with van der Waals surface area (Å²) in [6.45, 7) is 0. The lowest BCUT2D eigenvalue weighted by atomic mass is 11.3. The van der Waals surface area contributed by atoms with Crippen molar-refractivity contribution in [1.29, 1.82) is 0 Å². The van der Waals surface area contributed by atoms with Crippen molar-refractivity contribution in [2.45, 2.75) is 6.36 Å². The lowest BCUT2D eigenvalue weighted by Gasteiger charge is -1.97. The van der Waals surface area contributed by atoms with E-state index in [4.69, 9.17) is 0 Å². The highest BCUT2D eigenvalue weighted by molar-refractivity contribution is 4.15. The van der Waals surface area contributed by atoms with Crippen LogP contribution in [0.3, 0.4) is 0 Å². The zero-order valence-corrected chi connectivity index (χ0v) is 3.04. The summed E-state index contributed by atoms with van der Waals surface area (Å²) < 4.78 is 34.6. The maximum absolute atomic E-state index is 10.6. The Morgan fingerprint density at radius 2 is 1.50 bits per heavy atom. The Balaban J connectivity index is 3.17. The fraction of sp³-hybridized carbons (Fsp3) is 1.00. The maximum atomic E-state index is 10.6. The van der Waals surface area contributed by atoms with Gasteiger partial charge in [-0.1, -0.05) is 0 Å². The summed E-state index contributed by atoms with van der Waals surface area (Å²) in [4.78, 5) is 0. The van der Waals surface area contributed by atoms with Gasteiger partial charge in [-0.3, -0.25) is 4.74 Å².